The van der Waals surface area contributed by atoms with Crippen LogP contribution in [0.15, 0.2) is 71.5 Å². The normalized spacial score (nSPS) is 17.7. The van der Waals surface area contributed by atoms with Gasteiger partial charge in [0.25, 0.3) is 5.56 Å². The molecule has 0 fully saturated rings. The van der Waals surface area contributed by atoms with E-state index in [1.807, 2.05) is 31.2 Å². The van der Waals surface area contributed by atoms with Crippen LogP contribution in [-0.2, 0) is 5.41 Å². The van der Waals surface area contributed by atoms with Crippen molar-refractivity contribution in [1.82, 2.24) is 9.55 Å². The molecular formula is C22H14F2N2O. The van der Waals surface area contributed by atoms with Crippen LogP contribution in [0.1, 0.15) is 23.9 Å². The molecule has 0 aliphatic carbocycles. The summed E-state index contributed by atoms with van der Waals surface area (Å²) >= 11 is 0. The van der Waals surface area contributed by atoms with Gasteiger partial charge in [0.05, 0.1) is 22.0 Å². The molecule has 0 saturated carbocycles. The Bertz CT molecular complexity index is 1280. The van der Waals surface area contributed by atoms with Crippen LogP contribution in [0.2, 0.25) is 0 Å². The average molecular weight is 360 g/mol. The summed E-state index contributed by atoms with van der Waals surface area (Å²) < 4.78 is 28.8. The van der Waals surface area contributed by atoms with Crippen molar-refractivity contribution >= 4 is 10.9 Å². The molecule has 2 heterocycles. The van der Waals surface area contributed by atoms with Crippen LogP contribution in [0.25, 0.3) is 16.6 Å². The summed E-state index contributed by atoms with van der Waals surface area (Å²) in [5, 5.41) is 0.360. The topological polar surface area (TPSA) is 34.9 Å². The monoisotopic (exact) mass is 360 g/mol. The minimum atomic E-state index is -0.760. The second-order valence-corrected chi connectivity index (χ2v) is 6.89. The highest BCUT2D eigenvalue weighted by Crippen LogP contribution is 2.45. The maximum atomic E-state index is 13.8. The highest BCUT2D eigenvalue weighted by molar-refractivity contribution is 5.79. The Hall–Kier alpha value is -3.34. The zero-order valence-electron chi connectivity index (χ0n) is 14.4. The van der Waals surface area contributed by atoms with Crippen molar-refractivity contribution in [2.75, 3.05) is 0 Å². The van der Waals surface area contributed by atoms with Gasteiger partial charge >= 0.3 is 0 Å². The van der Waals surface area contributed by atoms with Gasteiger partial charge in [0.2, 0.25) is 0 Å². The summed E-state index contributed by atoms with van der Waals surface area (Å²) in [4.78, 5) is 17.9. The van der Waals surface area contributed by atoms with E-state index in [0.717, 1.165) is 16.8 Å². The Morgan fingerprint density at radius 2 is 1.63 bits per heavy atom. The number of aromatic nitrogens is 2. The Labute approximate surface area is 153 Å². The first kappa shape index (κ1) is 15.9. The van der Waals surface area contributed by atoms with Gasteiger partial charge < -0.3 is 0 Å². The van der Waals surface area contributed by atoms with Gasteiger partial charge in [0.15, 0.2) is 0 Å². The second kappa shape index (κ2) is 5.33. The molecule has 1 aliphatic rings. The first-order valence-electron chi connectivity index (χ1n) is 8.59. The molecular weight excluding hydrogens is 346 g/mol. The van der Waals surface area contributed by atoms with Gasteiger partial charge in [-0.2, -0.15) is 0 Å². The lowest BCUT2D eigenvalue weighted by Crippen LogP contribution is -2.28. The predicted molar refractivity (Wildman–Crippen MR) is 99.3 cm³/mol. The third kappa shape index (κ3) is 2.05. The smallest absolute Gasteiger partial charge is 0.266 e. The largest absolute Gasteiger partial charge is 0.268 e. The third-order valence-corrected chi connectivity index (χ3v) is 5.38. The number of rotatable bonds is 1. The lowest BCUT2D eigenvalue weighted by molar-refractivity contribution is 0.617. The molecule has 27 heavy (non-hydrogen) atoms. The zero-order chi connectivity index (χ0) is 18.8. The van der Waals surface area contributed by atoms with Crippen molar-refractivity contribution < 1.29 is 8.78 Å². The fourth-order valence-electron chi connectivity index (χ4n) is 4.00. The number of hydrogen-bond acceptors (Lipinski definition) is 2. The fourth-order valence-corrected chi connectivity index (χ4v) is 4.00. The molecule has 0 spiro atoms. The van der Waals surface area contributed by atoms with E-state index < -0.39 is 11.2 Å². The van der Waals surface area contributed by atoms with Gasteiger partial charge in [-0.25, -0.2) is 13.8 Å². The van der Waals surface area contributed by atoms with E-state index in [1.54, 1.807) is 16.7 Å². The minimum absolute atomic E-state index is 0.242. The van der Waals surface area contributed by atoms with E-state index in [-0.39, 0.29) is 11.4 Å². The van der Waals surface area contributed by atoms with E-state index in [4.69, 9.17) is 0 Å². The quantitative estimate of drug-likeness (QED) is 0.506. The molecule has 0 bridgehead atoms. The molecule has 5 rings (SSSR count). The summed E-state index contributed by atoms with van der Waals surface area (Å²) in [6.45, 7) is 1.95. The molecule has 4 aromatic rings. The van der Waals surface area contributed by atoms with Gasteiger partial charge in [0, 0.05) is 6.07 Å². The van der Waals surface area contributed by atoms with Crippen molar-refractivity contribution in [2.45, 2.75) is 12.3 Å². The maximum absolute atomic E-state index is 13.8. The molecule has 1 aromatic heterocycles. The molecule has 3 aromatic carbocycles. The van der Waals surface area contributed by atoms with Gasteiger partial charge in [-0.15, -0.1) is 0 Å². The minimum Gasteiger partial charge on any atom is -0.268 e. The third-order valence-electron chi connectivity index (χ3n) is 5.38. The number of benzene rings is 3. The van der Waals surface area contributed by atoms with Gasteiger partial charge in [-0.1, -0.05) is 30.3 Å². The molecule has 0 saturated heterocycles. The molecule has 3 nitrogen and oxygen atoms in total. The summed E-state index contributed by atoms with van der Waals surface area (Å²) in [6, 6.07) is 17.7. The SMILES string of the molecule is CC1(c2ccc(F)cc2)c2ccccc2-n2c1nc1cc(F)ccc1c2=O. The molecule has 5 heteroatoms. The van der Waals surface area contributed by atoms with Crippen LogP contribution in [0.4, 0.5) is 8.78 Å². The molecule has 0 N–H and O–H groups in total. The fraction of sp³-hybridized carbons (Fsp3) is 0.0909. The molecule has 0 amide bonds. The zero-order valence-corrected chi connectivity index (χ0v) is 14.4. The Morgan fingerprint density at radius 1 is 0.926 bits per heavy atom. The number of para-hydroxylation sites is 1. The van der Waals surface area contributed by atoms with Crippen molar-refractivity contribution in [2.24, 2.45) is 0 Å². The Morgan fingerprint density at radius 3 is 2.41 bits per heavy atom. The number of halogens is 2. The number of nitrogens with zero attached hydrogens (tertiary/aromatic N) is 2. The summed E-state index contributed by atoms with van der Waals surface area (Å²) in [5.74, 6) is -0.281. The van der Waals surface area contributed by atoms with Crippen molar-refractivity contribution in [3.05, 3.63) is 106 Å². The van der Waals surface area contributed by atoms with E-state index >= 15 is 0 Å². The predicted octanol–water partition coefficient (Wildman–Crippen LogP) is 4.33. The molecule has 0 radical (unpaired) electrons. The van der Waals surface area contributed by atoms with E-state index in [0.29, 0.717) is 16.7 Å². The molecule has 132 valence electrons. The Kier molecular flexibility index (Phi) is 3.13. The standard InChI is InChI=1S/C22H14F2N2O/c1-22(13-6-8-14(23)9-7-13)17-4-2-3-5-19(17)26-20(27)16-11-10-15(24)12-18(16)25-21(22)26/h2-12H,1H3. The van der Waals surface area contributed by atoms with E-state index in [1.165, 1.54) is 30.3 Å². The molecule has 1 unspecified atom stereocenters. The van der Waals surface area contributed by atoms with Crippen LogP contribution in [0.5, 0.6) is 0 Å². The lowest BCUT2D eigenvalue weighted by atomic mass is 9.77. The van der Waals surface area contributed by atoms with Crippen LogP contribution >= 0.6 is 0 Å². The second-order valence-electron chi connectivity index (χ2n) is 6.89. The lowest BCUT2D eigenvalue weighted by Gasteiger charge is -2.25. The summed E-state index contributed by atoms with van der Waals surface area (Å²) in [5.41, 5.74) is 1.76. The highest BCUT2D eigenvalue weighted by Gasteiger charge is 2.43. The van der Waals surface area contributed by atoms with Gasteiger partial charge in [-0.05, 0) is 48.4 Å². The van der Waals surface area contributed by atoms with Crippen molar-refractivity contribution in [3.8, 4) is 5.69 Å². The number of fused-ring (bicyclic) bond motifs is 4. The van der Waals surface area contributed by atoms with Crippen LogP contribution in [0.3, 0.4) is 0 Å². The average Bonchev–Trinajstić information content (AvgIpc) is 2.92. The van der Waals surface area contributed by atoms with E-state index in [2.05, 4.69) is 4.98 Å². The van der Waals surface area contributed by atoms with Crippen LogP contribution < -0.4 is 5.56 Å². The van der Waals surface area contributed by atoms with Crippen LogP contribution in [0, 0.1) is 11.6 Å². The highest BCUT2D eigenvalue weighted by atomic mass is 19.1. The summed E-state index contributed by atoms with van der Waals surface area (Å²) in [7, 11) is 0. The van der Waals surface area contributed by atoms with Crippen molar-refractivity contribution in [1.29, 1.82) is 0 Å². The van der Waals surface area contributed by atoms with Gasteiger partial charge in [0.1, 0.15) is 17.5 Å². The number of hydrogen-bond donors (Lipinski definition) is 0. The molecule has 1 aliphatic heterocycles. The first-order valence-corrected chi connectivity index (χ1v) is 8.59. The maximum Gasteiger partial charge on any atom is 0.266 e. The van der Waals surface area contributed by atoms with Gasteiger partial charge in [-0.3, -0.25) is 9.36 Å². The van der Waals surface area contributed by atoms with Crippen molar-refractivity contribution in [3.63, 3.8) is 0 Å². The summed E-state index contributed by atoms with van der Waals surface area (Å²) in [6.07, 6.45) is 0. The van der Waals surface area contributed by atoms with E-state index in [9.17, 15) is 13.6 Å². The van der Waals surface area contributed by atoms with Crippen LogP contribution in [-0.4, -0.2) is 9.55 Å². The Balaban J connectivity index is 1.94. The first-order chi connectivity index (χ1) is 13.0. The molecule has 1 atom stereocenters.